The van der Waals surface area contributed by atoms with Gasteiger partial charge in [0.05, 0.1) is 0 Å². The minimum absolute atomic E-state index is 0.490. The summed E-state index contributed by atoms with van der Waals surface area (Å²) in [5.74, 6) is 0. The van der Waals surface area contributed by atoms with Crippen molar-refractivity contribution < 1.29 is 0 Å². The molecule has 0 atom stereocenters. The van der Waals surface area contributed by atoms with E-state index in [1.165, 1.54) is 11.3 Å². The van der Waals surface area contributed by atoms with E-state index in [1.54, 1.807) is 0 Å². The van der Waals surface area contributed by atoms with Crippen LogP contribution in [0, 0.1) is 0 Å². The first-order valence-corrected chi connectivity index (χ1v) is 5.67. The van der Waals surface area contributed by atoms with Gasteiger partial charge in [0.1, 0.15) is 0 Å². The molecule has 2 heteroatoms. The van der Waals surface area contributed by atoms with Crippen molar-refractivity contribution in [1.82, 2.24) is 5.32 Å². The highest BCUT2D eigenvalue weighted by Crippen LogP contribution is 2.10. The summed E-state index contributed by atoms with van der Waals surface area (Å²) in [6.07, 6.45) is 0. The lowest BCUT2D eigenvalue weighted by Crippen LogP contribution is -2.21. The fourth-order valence-corrected chi connectivity index (χ4v) is 1.37. The zero-order valence-corrected chi connectivity index (χ0v) is 10.2. The lowest BCUT2D eigenvalue weighted by Gasteiger charge is -2.11. The Hall–Kier alpha value is -1.02. The maximum atomic E-state index is 3.40. The molecule has 0 aliphatic heterocycles. The minimum atomic E-state index is 0.490. The van der Waals surface area contributed by atoms with Gasteiger partial charge in [-0.15, -0.1) is 0 Å². The fourth-order valence-electron chi connectivity index (χ4n) is 1.37. The summed E-state index contributed by atoms with van der Waals surface area (Å²) in [6, 6.07) is 9.64. The highest BCUT2D eigenvalue weighted by Gasteiger charge is 1.97. The average Bonchev–Trinajstić information content (AvgIpc) is 2.16. The zero-order valence-electron chi connectivity index (χ0n) is 10.2. The van der Waals surface area contributed by atoms with Crippen molar-refractivity contribution in [2.24, 2.45) is 0 Å². The van der Waals surface area contributed by atoms with Gasteiger partial charge in [-0.1, -0.05) is 26.0 Å². The average molecular weight is 206 g/mol. The number of nitrogens with one attached hydrogen (secondary N) is 2. The zero-order chi connectivity index (χ0) is 11.3. The Morgan fingerprint density at radius 3 is 2.00 bits per heavy atom. The summed E-state index contributed by atoms with van der Waals surface area (Å²) in [7, 11) is 0. The van der Waals surface area contributed by atoms with Gasteiger partial charge in [0, 0.05) is 24.3 Å². The van der Waals surface area contributed by atoms with E-state index in [-0.39, 0.29) is 0 Å². The fraction of sp³-hybridized carbons (Fsp3) is 0.538. The maximum absolute atomic E-state index is 3.40. The molecule has 0 saturated carbocycles. The molecule has 84 valence electrons. The first kappa shape index (κ1) is 12.1. The van der Waals surface area contributed by atoms with Crippen LogP contribution in [0.1, 0.15) is 33.3 Å². The van der Waals surface area contributed by atoms with Crippen LogP contribution in [0.25, 0.3) is 0 Å². The van der Waals surface area contributed by atoms with Crippen molar-refractivity contribution in [3.63, 3.8) is 0 Å². The smallest absolute Gasteiger partial charge is 0.0342 e. The monoisotopic (exact) mass is 206 g/mol. The predicted octanol–water partition coefficient (Wildman–Crippen LogP) is 3.00. The molecule has 0 fully saturated rings. The molecule has 1 aromatic rings. The van der Waals surface area contributed by atoms with E-state index in [0.717, 1.165) is 6.54 Å². The molecule has 0 amide bonds. The molecule has 15 heavy (non-hydrogen) atoms. The van der Waals surface area contributed by atoms with Gasteiger partial charge < -0.3 is 10.6 Å². The third-order valence-corrected chi connectivity index (χ3v) is 2.12. The Labute approximate surface area is 93.1 Å². The summed E-state index contributed by atoms with van der Waals surface area (Å²) in [4.78, 5) is 0. The Balaban J connectivity index is 2.49. The first-order valence-electron chi connectivity index (χ1n) is 5.67. The summed E-state index contributed by atoms with van der Waals surface area (Å²) >= 11 is 0. The second-order valence-corrected chi connectivity index (χ2v) is 4.53. The number of hydrogen-bond acceptors (Lipinski definition) is 2. The standard InChI is InChI=1S/C13H22N2/c1-10(2)14-9-12-5-7-13(8-6-12)15-11(3)4/h5-8,10-11,14-15H,9H2,1-4H3. The SMILES string of the molecule is CC(C)NCc1ccc(NC(C)C)cc1. The van der Waals surface area contributed by atoms with Crippen LogP contribution in [0.3, 0.4) is 0 Å². The molecular weight excluding hydrogens is 184 g/mol. The van der Waals surface area contributed by atoms with Crippen LogP contribution < -0.4 is 10.6 Å². The van der Waals surface area contributed by atoms with Crippen molar-refractivity contribution in [3.05, 3.63) is 29.8 Å². The van der Waals surface area contributed by atoms with Crippen LogP contribution in [-0.4, -0.2) is 12.1 Å². The molecule has 0 saturated heterocycles. The van der Waals surface area contributed by atoms with E-state index in [9.17, 15) is 0 Å². The van der Waals surface area contributed by atoms with Crippen molar-refractivity contribution in [2.75, 3.05) is 5.32 Å². The molecule has 1 aromatic carbocycles. The molecular formula is C13H22N2. The van der Waals surface area contributed by atoms with Crippen LogP contribution in [0.4, 0.5) is 5.69 Å². The largest absolute Gasteiger partial charge is 0.383 e. The van der Waals surface area contributed by atoms with E-state index >= 15 is 0 Å². The molecule has 2 N–H and O–H groups in total. The quantitative estimate of drug-likeness (QED) is 0.774. The van der Waals surface area contributed by atoms with Gasteiger partial charge in [-0.05, 0) is 31.5 Å². The molecule has 0 spiro atoms. The molecule has 0 aliphatic rings. The van der Waals surface area contributed by atoms with E-state index in [1.807, 2.05) is 0 Å². The molecule has 2 nitrogen and oxygen atoms in total. The van der Waals surface area contributed by atoms with E-state index in [2.05, 4.69) is 62.6 Å². The van der Waals surface area contributed by atoms with Crippen LogP contribution in [0.15, 0.2) is 24.3 Å². The number of hydrogen-bond donors (Lipinski definition) is 2. The predicted molar refractivity (Wildman–Crippen MR) is 67.2 cm³/mol. The Kier molecular flexibility index (Phi) is 4.63. The van der Waals surface area contributed by atoms with E-state index in [0.29, 0.717) is 12.1 Å². The second-order valence-electron chi connectivity index (χ2n) is 4.53. The van der Waals surface area contributed by atoms with Crippen molar-refractivity contribution in [3.8, 4) is 0 Å². The first-order chi connectivity index (χ1) is 7.08. The summed E-state index contributed by atoms with van der Waals surface area (Å²) in [6.45, 7) is 9.56. The highest BCUT2D eigenvalue weighted by atomic mass is 14.9. The van der Waals surface area contributed by atoms with Gasteiger partial charge in [-0.25, -0.2) is 0 Å². The van der Waals surface area contributed by atoms with Gasteiger partial charge in [0.15, 0.2) is 0 Å². The molecule has 0 radical (unpaired) electrons. The second kappa shape index (κ2) is 5.76. The molecule has 0 heterocycles. The molecule has 0 unspecified atom stereocenters. The summed E-state index contributed by atoms with van der Waals surface area (Å²) in [5.41, 5.74) is 2.52. The van der Waals surface area contributed by atoms with Gasteiger partial charge in [0.2, 0.25) is 0 Å². The van der Waals surface area contributed by atoms with Crippen LogP contribution in [0.2, 0.25) is 0 Å². The Bertz CT molecular complexity index is 275. The van der Waals surface area contributed by atoms with Gasteiger partial charge in [0.25, 0.3) is 0 Å². The molecule has 1 rings (SSSR count). The van der Waals surface area contributed by atoms with Gasteiger partial charge in [-0.2, -0.15) is 0 Å². The maximum Gasteiger partial charge on any atom is 0.0342 e. The van der Waals surface area contributed by atoms with Crippen LogP contribution in [0.5, 0.6) is 0 Å². The summed E-state index contributed by atoms with van der Waals surface area (Å²) < 4.78 is 0. The van der Waals surface area contributed by atoms with Crippen LogP contribution >= 0.6 is 0 Å². The molecule has 0 bridgehead atoms. The normalized spacial score (nSPS) is 11.1. The van der Waals surface area contributed by atoms with Crippen molar-refractivity contribution in [1.29, 1.82) is 0 Å². The topological polar surface area (TPSA) is 24.1 Å². The number of rotatable bonds is 5. The minimum Gasteiger partial charge on any atom is -0.383 e. The lowest BCUT2D eigenvalue weighted by molar-refractivity contribution is 0.589. The van der Waals surface area contributed by atoms with Crippen LogP contribution in [-0.2, 0) is 6.54 Å². The third kappa shape index (κ3) is 4.84. The summed E-state index contributed by atoms with van der Waals surface area (Å²) in [5, 5.41) is 6.78. The number of anilines is 1. The van der Waals surface area contributed by atoms with E-state index < -0.39 is 0 Å². The Morgan fingerprint density at radius 1 is 0.933 bits per heavy atom. The van der Waals surface area contributed by atoms with Crippen molar-refractivity contribution in [2.45, 2.75) is 46.3 Å². The number of benzene rings is 1. The molecule has 0 aromatic heterocycles. The third-order valence-electron chi connectivity index (χ3n) is 2.12. The molecule has 0 aliphatic carbocycles. The van der Waals surface area contributed by atoms with E-state index in [4.69, 9.17) is 0 Å². The van der Waals surface area contributed by atoms with Gasteiger partial charge in [-0.3, -0.25) is 0 Å². The van der Waals surface area contributed by atoms with Gasteiger partial charge >= 0.3 is 0 Å². The highest BCUT2D eigenvalue weighted by molar-refractivity contribution is 5.45. The lowest BCUT2D eigenvalue weighted by atomic mass is 10.2. The van der Waals surface area contributed by atoms with Crippen molar-refractivity contribution >= 4 is 5.69 Å². The Morgan fingerprint density at radius 2 is 1.53 bits per heavy atom.